The lowest BCUT2D eigenvalue weighted by Crippen LogP contribution is -2.41. The van der Waals surface area contributed by atoms with Gasteiger partial charge in [-0.05, 0) is 12.1 Å². The Morgan fingerprint density at radius 1 is 1.21 bits per heavy atom. The molecule has 2 aromatic rings. The Balaban J connectivity index is 1.61. The van der Waals surface area contributed by atoms with Gasteiger partial charge < -0.3 is 24.8 Å². The molecule has 2 heterocycles. The third kappa shape index (κ3) is 5.63. The van der Waals surface area contributed by atoms with Crippen molar-refractivity contribution in [2.45, 2.75) is 25.3 Å². The van der Waals surface area contributed by atoms with Crippen LogP contribution >= 0.6 is 0 Å². The number of aromatic nitrogens is 2. The van der Waals surface area contributed by atoms with E-state index in [0.29, 0.717) is 37.4 Å². The minimum atomic E-state index is -4.77. The molecule has 1 amide bonds. The summed E-state index contributed by atoms with van der Waals surface area (Å²) in [5, 5.41) is 11.8. The fourth-order valence-corrected chi connectivity index (χ4v) is 2.73. The summed E-state index contributed by atoms with van der Waals surface area (Å²) in [7, 11) is 0. The second kappa shape index (κ2) is 8.19. The number of hydrogen-bond donors (Lipinski definition) is 2. The molecule has 0 spiro atoms. The van der Waals surface area contributed by atoms with Crippen molar-refractivity contribution in [1.82, 2.24) is 14.9 Å². The van der Waals surface area contributed by atoms with Crippen LogP contribution in [0.15, 0.2) is 36.7 Å². The molecule has 0 saturated carbocycles. The monoisotopic (exact) mass is 398 g/mol. The standard InChI is InChI=1S/C17H17F3N4O4/c18-17(19,20)28-13-3-1-2-11(8-13)23-14-9-15(22-10-21-14)27-12-4-6-24(7-5-12)16(25)26/h1-3,8-10,12H,4-7H2,(H,25,26)(H,21,22,23). The largest absolute Gasteiger partial charge is 0.573 e. The smallest absolute Gasteiger partial charge is 0.474 e. The molecule has 2 N–H and O–H groups in total. The zero-order valence-corrected chi connectivity index (χ0v) is 14.5. The number of anilines is 2. The maximum absolute atomic E-state index is 12.3. The molecule has 150 valence electrons. The van der Waals surface area contributed by atoms with Crippen molar-refractivity contribution in [3.05, 3.63) is 36.7 Å². The molecule has 28 heavy (non-hydrogen) atoms. The minimum absolute atomic E-state index is 0.179. The zero-order chi connectivity index (χ0) is 20.1. The summed E-state index contributed by atoms with van der Waals surface area (Å²) in [6.45, 7) is 0.754. The van der Waals surface area contributed by atoms with Crippen molar-refractivity contribution in [2.75, 3.05) is 18.4 Å². The van der Waals surface area contributed by atoms with Crippen molar-refractivity contribution in [3.8, 4) is 11.6 Å². The van der Waals surface area contributed by atoms with Gasteiger partial charge in [-0.1, -0.05) is 6.07 Å². The van der Waals surface area contributed by atoms with Crippen molar-refractivity contribution in [3.63, 3.8) is 0 Å². The topological polar surface area (TPSA) is 96.8 Å². The Morgan fingerprint density at radius 3 is 2.64 bits per heavy atom. The van der Waals surface area contributed by atoms with Crippen LogP contribution in [0.4, 0.5) is 29.5 Å². The number of carboxylic acid groups (broad SMARTS) is 1. The van der Waals surface area contributed by atoms with Crippen molar-refractivity contribution < 1.29 is 32.5 Å². The average Bonchev–Trinajstić information content (AvgIpc) is 2.61. The fourth-order valence-electron chi connectivity index (χ4n) is 2.73. The first kappa shape index (κ1) is 19.5. The number of piperidine rings is 1. The lowest BCUT2D eigenvalue weighted by Gasteiger charge is -2.29. The third-order valence-electron chi connectivity index (χ3n) is 3.98. The number of ether oxygens (including phenoxy) is 2. The molecule has 1 aliphatic heterocycles. The van der Waals surface area contributed by atoms with Gasteiger partial charge in [0.15, 0.2) is 0 Å². The van der Waals surface area contributed by atoms with Crippen LogP contribution in [0.5, 0.6) is 11.6 Å². The number of rotatable bonds is 5. The van der Waals surface area contributed by atoms with Crippen LogP contribution in [-0.4, -0.2) is 51.6 Å². The van der Waals surface area contributed by atoms with Crippen LogP contribution in [0.3, 0.4) is 0 Å². The summed E-state index contributed by atoms with van der Waals surface area (Å²) < 4.78 is 46.6. The van der Waals surface area contributed by atoms with E-state index in [4.69, 9.17) is 9.84 Å². The molecule has 0 bridgehead atoms. The number of hydrogen-bond acceptors (Lipinski definition) is 6. The van der Waals surface area contributed by atoms with E-state index in [1.807, 2.05) is 0 Å². The fraction of sp³-hybridized carbons (Fsp3) is 0.353. The summed E-state index contributed by atoms with van der Waals surface area (Å²) in [6.07, 6.45) is -3.57. The second-order valence-electron chi connectivity index (χ2n) is 6.03. The van der Waals surface area contributed by atoms with E-state index >= 15 is 0 Å². The van der Waals surface area contributed by atoms with E-state index in [0.717, 1.165) is 0 Å². The van der Waals surface area contributed by atoms with E-state index in [-0.39, 0.29) is 17.7 Å². The maximum Gasteiger partial charge on any atom is 0.573 e. The average molecular weight is 398 g/mol. The van der Waals surface area contributed by atoms with Gasteiger partial charge in [0.1, 0.15) is 24.0 Å². The van der Waals surface area contributed by atoms with Crippen LogP contribution in [-0.2, 0) is 0 Å². The molecule has 8 nitrogen and oxygen atoms in total. The number of nitrogens with zero attached hydrogens (tertiary/aromatic N) is 3. The van der Waals surface area contributed by atoms with E-state index in [1.54, 1.807) is 6.07 Å². The Morgan fingerprint density at radius 2 is 1.96 bits per heavy atom. The molecule has 1 saturated heterocycles. The molecule has 1 aromatic heterocycles. The summed E-state index contributed by atoms with van der Waals surface area (Å²) in [5.74, 6) is 0.263. The molecular formula is C17H17F3N4O4. The number of likely N-dealkylation sites (tertiary alicyclic amines) is 1. The quantitative estimate of drug-likeness (QED) is 0.794. The van der Waals surface area contributed by atoms with Gasteiger partial charge in [0, 0.05) is 43.8 Å². The Hall–Kier alpha value is -3.24. The second-order valence-corrected chi connectivity index (χ2v) is 6.03. The summed E-state index contributed by atoms with van der Waals surface area (Å²) in [5.41, 5.74) is 0.348. The first-order valence-corrected chi connectivity index (χ1v) is 8.38. The lowest BCUT2D eigenvalue weighted by molar-refractivity contribution is -0.274. The lowest BCUT2D eigenvalue weighted by atomic mass is 10.1. The van der Waals surface area contributed by atoms with Crippen molar-refractivity contribution in [1.29, 1.82) is 0 Å². The van der Waals surface area contributed by atoms with Gasteiger partial charge in [-0.3, -0.25) is 0 Å². The molecular weight excluding hydrogens is 381 g/mol. The predicted octanol–water partition coefficient (Wildman–Crippen LogP) is 3.64. The Kier molecular flexibility index (Phi) is 5.71. The molecule has 0 radical (unpaired) electrons. The molecule has 0 aliphatic carbocycles. The van der Waals surface area contributed by atoms with Gasteiger partial charge in [0.05, 0.1) is 0 Å². The summed E-state index contributed by atoms with van der Waals surface area (Å²) in [4.78, 5) is 20.3. The molecule has 0 atom stereocenters. The summed E-state index contributed by atoms with van der Waals surface area (Å²) in [6, 6.07) is 6.88. The van der Waals surface area contributed by atoms with E-state index in [2.05, 4.69) is 20.0 Å². The highest BCUT2D eigenvalue weighted by Crippen LogP contribution is 2.27. The first-order valence-electron chi connectivity index (χ1n) is 8.38. The summed E-state index contributed by atoms with van der Waals surface area (Å²) >= 11 is 0. The number of nitrogens with one attached hydrogen (secondary N) is 1. The zero-order valence-electron chi connectivity index (χ0n) is 14.5. The van der Waals surface area contributed by atoms with E-state index in [1.165, 1.54) is 35.5 Å². The molecule has 0 unspecified atom stereocenters. The number of carbonyl (C=O) groups is 1. The molecule has 1 aliphatic rings. The van der Waals surface area contributed by atoms with Crippen LogP contribution < -0.4 is 14.8 Å². The van der Waals surface area contributed by atoms with E-state index in [9.17, 15) is 18.0 Å². The van der Waals surface area contributed by atoms with Gasteiger partial charge in [0.2, 0.25) is 5.88 Å². The maximum atomic E-state index is 12.3. The van der Waals surface area contributed by atoms with Gasteiger partial charge in [-0.25, -0.2) is 14.8 Å². The highest BCUT2D eigenvalue weighted by molar-refractivity contribution is 5.65. The van der Waals surface area contributed by atoms with Gasteiger partial charge >= 0.3 is 12.5 Å². The number of benzene rings is 1. The number of halogens is 3. The normalized spacial score (nSPS) is 15.2. The van der Waals surface area contributed by atoms with Crippen molar-refractivity contribution in [2.24, 2.45) is 0 Å². The van der Waals surface area contributed by atoms with Crippen LogP contribution in [0.2, 0.25) is 0 Å². The minimum Gasteiger partial charge on any atom is -0.474 e. The van der Waals surface area contributed by atoms with Gasteiger partial charge in [-0.15, -0.1) is 13.2 Å². The van der Waals surface area contributed by atoms with E-state index < -0.39 is 12.5 Å². The Bertz CT molecular complexity index is 826. The third-order valence-corrected chi connectivity index (χ3v) is 3.98. The SMILES string of the molecule is O=C(O)N1CCC(Oc2cc(Nc3cccc(OC(F)(F)F)c3)ncn2)CC1. The van der Waals surface area contributed by atoms with Crippen LogP contribution in [0.25, 0.3) is 0 Å². The number of amides is 1. The van der Waals surface area contributed by atoms with Gasteiger partial charge in [-0.2, -0.15) is 0 Å². The highest BCUT2D eigenvalue weighted by atomic mass is 19.4. The van der Waals surface area contributed by atoms with Crippen LogP contribution in [0, 0.1) is 0 Å². The first-order chi connectivity index (χ1) is 13.3. The molecule has 3 rings (SSSR count). The highest BCUT2D eigenvalue weighted by Gasteiger charge is 2.31. The van der Waals surface area contributed by atoms with Crippen LogP contribution in [0.1, 0.15) is 12.8 Å². The number of alkyl halides is 3. The molecule has 1 aromatic carbocycles. The molecule has 11 heteroatoms. The predicted molar refractivity (Wildman–Crippen MR) is 91.7 cm³/mol. The van der Waals surface area contributed by atoms with Crippen molar-refractivity contribution >= 4 is 17.6 Å². The molecule has 1 fully saturated rings. The Labute approximate surface area is 157 Å². The van der Waals surface area contributed by atoms with Gasteiger partial charge in [0.25, 0.3) is 0 Å².